The van der Waals surface area contributed by atoms with E-state index in [0.29, 0.717) is 15.8 Å². The number of halogens is 1. The summed E-state index contributed by atoms with van der Waals surface area (Å²) < 4.78 is 29.9. The fourth-order valence-electron chi connectivity index (χ4n) is 2.44. The van der Waals surface area contributed by atoms with E-state index in [1.807, 2.05) is 13.8 Å². The molecule has 2 aromatic rings. The first-order valence-corrected chi connectivity index (χ1v) is 11.3. The van der Waals surface area contributed by atoms with Crippen LogP contribution in [0.15, 0.2) is 63.6 Å². The molecular weight excluding hydrogens is 434 g/mol. The zero-order chi connectivity index (χ0) is 21.0. The Morgan fingerprint density at radius 3 is 2.59 bits per heavy atom. The van der Waals surface area contributed by atoms with Gasteiger partial charge in [-0.1, -0.05) is 49.3 Å². The van der Waals surface area contributed by atoms with Gasteiger partial charge in [0.15, 0.2) is 5.17 Å². The van der Waals surface area contributed by atoms with Crippen LogP contribution in [0, 0.1) is 5.92 Å². The molecule has 0 aliphatic carbocycles. The molecule has 0 spiro atoms. The van der Waals surface area contributed by atoms with Crippen molar-refractivity contribution >= 4 is 50.8 Å². The molecule has 0 radical (unpaired) electrons. The van der Waals surface area contributed by atoms with Crippen LogP contribution in [-0.2, 0) is 14.9 Å². The normalized spacial score (nSPS) is 18.6. The summed E-state index contributed by atoms with van der Waals surface area (Å²) in [4.78, 5) is 11.8. The molecule has 1 atom stereocenters. The summed E-state index contributed by atoms with van der Waals surface area (Å²) in [6.45, 7) is 3.93. The largest absolute Gasteiger partial charge is 0.379 e. The molecule has 2 aromatic carbocycles. The van der Waals surface area contributed by atoms with Gasteiger partial charge < -0.3 is 9.50 Å². The second-order valence-electron chi connectivity index (χ2n) is 6.49. The maximum atomic E-state index is 12.4. The van der Waals surface area contributed by atoms with E-state index in [-0.39, 0.29) is 27.7 Å². The third kappa shape index (κ3) is 5.59. The smallest absolute Gasteiger partial charge is 0.339 e. The van der Waals surface area contributed by atoms with Crippen molar-refractivity contribution in [2.45, 2.75) is 24.0 Å². The summed E-state index contributed by atoms with van der Waals surface area (Å²) in [7, 11) is -3.98. The van der Waals surface area contributed by atoms with E-state index < -0.39 is 10.1 Å². The van der Waals surface area contributed by atoms with Crippen LogP contribution in [0.25, 0.3) is 0 Å². The van der Waals surface area contributed by atoms with Crippen molar-refractivity contribution in [2.75, 3.05) is 0 Å². The number of amidine groups is 1. The number of amides is 1. The minimum Gasteiger partial charge on any atom is -0.379 e. The average Bonchev–Trinajstić information content (AvgIpc) is 3.03. The summed E-state index contributed by atoms with van der Waals surface area (Å²) in [5.41, 5.74) is 0.591. The molecule has 1 N–H and O–H groups in total. The summed E-state index contributed by atoms with van der Waals surface area (Å²) in [6, 6.07) is 12.1. The first-order valence-electron chi connectivity index (χ1n) is 8.63. The van der Waals surface area contributed by atoms with Crippen LogP contribution in [0.2, 0.25) is 5.02 Å². The van der Waals surface area contributed by atoms with Crippen molar-refractivity contribution in [3.8, 4) is 5.75 Å². The van der Waals surface area contributed by atoms with E-state index in [4.69, 9.17) is 15.8 Å². The van der Waals surface area contributed by atoms with Gasteiger partial charge in [0, 0.05) is 5.02 Å². The quantitative estimate of drug-likeness (QED) is 0.410. The number of carbonyl (C=O) groups excluding carboxylic acids is 1. The highest BCUT2D eigenvalue weighted by Crippen LogP contribution is 2.26. The second kappa shape index (κ2) is 8.98. The lowest BCUT2D eigenvalue weighted by molar-refractivity contribution is -0.119. The Hall–Kier alpha value is -2.36. The predicted molar refractivity (Wildman–Crippen MR) is 115 cm³/mol. The van der Waals surface area contributed by atoms with E-state index in [0.717, 1.165) is 0 Å². The summed E-state index contributed by atoms with van der Waals surface area (Å²) >= 11 is 7.12. The number of hydrogen-bond acceptors (Lipinski definition) is 7. The number of nitrogens with zero attached hydrogens (tertiary/aromatic N) is 2. The number of thioether (sulfide) groups is 1. The minimum atomic E-state index is -3.98. The van der Waals surface area contributed by atoms with E-state index in [1.54, 1.807) is 12.1 Å². The Morgan fingerprint density at radius 1 is 1.21 bits per heavy atom. The molecule has 1 amide bonds. The fourth-order valence-corrected chi connectivity index (χ4v) is 4.42. The van der Waals surface area contributed by atoms with Gasteiger partial charge in [-0.15, -0.1) is 5.10 Å². The Labute approximate surface area is 178 Å². The minimum absolute atomic E-state index is 0.000997. The Morgan fingerprint density at radius 2 is 1.93 bits per heavy atom. The van der Waals surface area contributed by atoms with Crippen LogP contribution >= 0.6 is 23.4 Å². The highest BCUT2D eigenvalue weighted by Gasteiger charge is 2.32. The molecule has 10 heteroatoms. The molecule has 3 rings (SSSR count). The maximum Gasteiger partial charge on any atom is 0.339 e. The molecule has 1 saturated heterocycles. The van der Waals surface area contributed by atoms with E-state index in [9.17, 15) is 13.2 Å². The summed E-state index contributed by atoms with van der Waals surface area (Å²) in [6.07, 6.45) is 1.45. The molecule has 1 heterocycles. The number of benzene rings is 2. The van der Waals surface area contributed by atoms with Crippen LogP contribution in [-0.4, -0.2) is 31.0 Å². The van der Waals surface area contributed by atoms with Crippen molar-refractivity contribution in [2.24, 2.45) is 16.1 Å². The van der Waals surface area contributed by atoms with E-state index >= 15 is 0 Å². The molecule has 29 heavy (non-hydrogen) atoms. The summed E-state index contributed by atoms with van der Waals surface area (Å²) in [5, 5.41) is 11.3. The molecule has 1 aliphatic rings. The highest BCUT2D eigenvalue weighted by molar-refractivity contribution is 8.15. The molecular formula is C19H18ClN3O4S2. The number of rotatable bonds is 6. The highest BCUT2D eigenvalue weighted by atomic mass is 35.5. The van der Waals surface area contributed by atoms with E-state index in [1.165, 1.54) is 54.4 Å². The van der Waals surface area contributed by atoms with Gasteiger partial charge in [-0.3, -0.25) is 4.79 Å². The Balaban J connectivity index is 1.70. The van der Waals surface area contributed by atoms with Crippen LogP contribution in [0.5, 0.6) is 5.75 Å². The van der Waals surface area contributed by atoms with Gasteiger partial charge in [0.25, 0.3) is 0 Å². The van der Waals surface area contributed by atoms with Crippen molar-refractivity contribution in [1.29, 1.82) is 0 Å². The zero-order valence-electron chi connectivity index (χ0n) is 15.6. The lowest BCUT2D eigenvalue weighted by Crippen LogP contribution is -2.27. The number of carbonyl (C=O) groups is 1. The van der Waals surface area contributed by atoms with Crippen LogP contribution in [0.3, 0.4) is 0 Å². The van der Waals surface area contributed by atoms with Crippen LogP contribution in [0.4, 0.5) is 0 Å². The van der Waals surface area contributed by atoms with Crippen molar-refractivity contribution < 1.29 is 17.4 Å². The van der Waals surface area contributed by atoms with Crippen molar-refractivity contribution in [3.63, 3.8) is 0 Å². The SMILES string of the molecule is CC(C)C1S/C(=N\N=C\c2cccc(OS(=O)(=O)c3ccc(Cl)cc3)c2)NC1=O. The molecule has 7 nitrogen and oxygen atoms in total. The van der Waals surface area contributed by atoms with Gasteiger partial charge in [-0.05, 0) is 47.9 Å². The van der Waals surface area contributed by atoms with Crippen molar-refractivity contribution in [3.05, 3.63) is 59.1 Å². The Kier molecular flexibility index (Phi) is 6.61. The van der Waals surface area contributed by atoms with Gasteiger partial charge in [0.05, 0.1) is 11.5 Å². The standard InChI is InChI=1S/C19H18ClN3O4S2/c1-12(2)17-18(24)22-19(28-17)23-21-11-13-4-3-5-15(10-13)27-29(25,26)16-8-6-14(20)7-9-16/h3-12,17H,1-2H3,(H,22,23,24)/b21-11+. The van der Waals surface area contributed by atoms with Gasteiger partial charge >= 0.3 is 10.1 Å². The monoisotopic (exact) mass is 451 g/mol. The molecule has 0 saturated carbocycles. The van der Waals surface area contributed by atoms with Gasteiger partial charge in [0.1, 0.15) is 10.6 Å². The molecule has 1 aliphatic heterocycles. The fraction of sp³-hybridized carbons (Fsp3) is 0.211. The van der Waals surface area contributed by atoms with Gasteiger partial charge in [0.2, 0.25) is 5.91 Å². The maximum absolute atomic E-state index is 12.4. The topological polar surface area (TPSA) is 97.2 Å². The molecule has 152 valence electrons. The lowest BCUT2D eigenvalue weighted by Gasteiger charge is -2.07. The molecule has 0 aromatic heterocycles. The zero-order valence-corrected chi connectivity index (χ0v) is 18.0. The van der Waals surface area contributed by atoms with Crippen LogP contribution < -0.4 is 9.50 Å². The molecule has 1 unspecified atom stereocenters. The summed E-state index contributed by atoms with van der Waals surface area (Å²) in [5.74, 6) is 0.245. The van der Waals surface area contributed by atoms with E-state index in [2.05, 4.69) is 15.5 Å². The first-order chi connectivity index (χ1) is 13.7. The van der Waals surface area contributed by atoms with Gasteiger partial charge in [-0.25, -0.2) is 0 Å². The second-order valence-corrected chi connectivity index (χ2v) is 9.60. The first kappa shape index (κ1) is 21.4. The number of nitrogens with one attached hydrogen (secondary N) is 1. The van der Waals surface area contributed by atoms with Crippen LogP contribution in [0.1, 0.15) is 19.4 Å². The molecule has 0 bridgehead atoms. The third-order valence-electron chi connectivity index (χ3n) is 3.85. The number of hydrogen-bond donors (Lipinski definition) is 1. The molecule has 1 fully saturated rings. The average molecular weight is 452 g/mol. The lowest BCUT2D eigenvalue weighted by atomic mass is 10.1. The van der Waals surface area contributed by atoms with Crippen molar-refractivity contribution in [1.82, 2.24) is 5.32 Å². The third-order valence-corrected chi connectivity index (χ3v) is 6.79. The predicted octanol–water partition coefficient (Wildman–Crippen LogP) is 3.69. The van der Waals surface area contributed by atoms with Gasteiger partial charge in [-0.2, -0.15) is 13.5 Å². The Bertz CT molecular complexity index is 1070.